The van der Waals surface area contributed by atoms with E-state index >= 15 is 0 Å². The van der Waals surface area contributed by atoms with Crippen LogP contribution in [0, 0.1) is 5.41 Å². The molecule has 1 spiro atoms. The van der Waals surface area contributed by atoms with E-state index in [1.165, 1.54) is 25.7 Å². The van der Waals surface area contributed by atoms with Gasteiger partial charge in [0.15, 0.2) is 0 Å². The molecule has 2 unspecified atom stereocenters. The molecule has 0 saturated heterocycles. The molecule has 2 atom stereocenters. The van der Waals surface area contributed by atoms with E-state index < -0.39 is 0 Å². The van der Waals surface area contributed by atoms with Crippen LogP contribution in [0.5, 0.6) is 0 Å². The maximum absolute atomic E-state index is 3.41. The van der Waals surface area contributed by atoms with E-state index in [0.717, 1.165) is 0 Å². The summed E-state index contributed by atoms with van der Waals surface area (Å²) in [5, 5.41) is 0. The van der Waals surface area contributed by atoms with Gasteiger partial charge >= 0.3 is 70.8 Å². The molecule has 0 aliphatic heterocycles. The van der Waals surface area contributed by atoms with Crippen molar-refractivity contribution < 1.29 is 18.3 Å². The summed E-state index contributed by atoms with van der Waals surface area (Å²) in [7, 11) is 0. The fraction of sp³-hybridized carbons (Fsp3) is 0.667. The zero-order valence-electron chi connectivity index (χ0n) is 5.74. The van der Waals surface area contributed by atoms with Gasteiger partial charge in [0, 0.05) is 0 Å². The molecule has 2 saturated carbocycles. The fourth-order valence-electron chi connectivity index (χ4n) is 2.55. The maximum atomic E-state index is 3.41. The molecular weight excluding hydrogens is 211 g/mol. The Morgan fingerprint density at radius 2 is 2.30 bits per heavy atom. The van der Waals surface area contributed by atoms with E-state index in [4.69, 9.17) is 0 Å². The summed E-state index contributed by atoms with van der Waals surface area (Å²) in [4.78, 5) is 0. The van der Waals surface area contributed by atoms with Gasteiger partial charge in [0.2, 0.25) is 0 Å². The first-order chi connectivity index (χ1) is 4.77. The van der Waals surface area contributed by atoms with Crippen molar-refractivity contribution in [3.05, 3.63) is 17.4 Å². The third-order valence-electron chi connectivity index (χ3n) is 3.53. The van der Waals surface area contributed by atoms with Gasteiger partial charge in [-0.3, -0.25) is 0 Å². The topological polar surface area (TPSA) is 0 Å². The van der Waals surface area contributed by atoms with Gasteiger partial charge in [-0.1, -0.05) is 0 Å². The summed E-state index contributed by atoms with van der Waals surface area (Å²) in [5.41, 5.74) is 5.64. The molecule has 0 aromatic rings. The number of allylic oxidation sites excluding steroid dienone is 1. The van der Waals surface area contributed by atoms with Crippen LogP contribution < -0.4 is 0 Å². The van der Waals surface area contributed by atoms with Crippen LogP contribution in [0.3, 0.4) is 0 Å². The van der Waals surface area contributed by atoms with Gasteiger partial charge in [0.05, 0.1) is 0 Å². The first-order valence-electron chi connectivity index (χ1n) is 3.91. The molecule has 10 heavy (non-hydrogen) atoms. The van der Waals surface area contributed by atoms with Gasteiger partial charge in [-0.15, -0.1) is 0 Å². The molecule has 54 valence electrons. The Hall–Kier alpha value is 0.143. The van der Waals surface area contributed by atoms with Gasteiger partial charge in [0.25, 0.3) is 0 Å². The van der Waals surface area contributed by atoms with Crippen LogP contribution in [-0.4, -0.2) is 0 Å². The Labute approximate surface area is 71.1 Å². The fourth-order valence-corrected chi connectivity index (χ4v) is 3.53. The molecule has 3 rings (SSSR count). The van der Waals surface area contributed by atoms with Crippen LogP contribution in [0.15, 0.2) is 17.4 Å². The molecule has 2 fully saturated rings. The second-order valence-corrected chi connectivity index (χ2v) is 5.13. The van der Waals surface area contributed by atoms with Crippen molar-refractivity contribution in [3.63, 3.8) is 0 Å². The van der Waals surface area contributed by atoms with Crippen molar-refractivity contribution in [1.29, 1.82) is 0 Å². The molecule has 0 heterocycles. The predicted molar refractivity (Wildman–Crippen MR) is 35.2 cm³/mol. The van der Waals surface area contributed by atoms with E-state index in [2.05, 4.69) is 30.1 Å². The summed E-state index contributed by atoms with van der Waals surface area (Å²) in [6.45, 7) is 0. The first kappa shape index (κ1) is 5.75. The first-order valence-corrected chi connectivity index (χ1v) is 4.73. The standard InChI is InChI=1S/C9H9.Rh/c1-2-8-4-6-9(8)5-3-7(1)9;/h1H,3-6H2;. The normalized spacial score (nSPS) is 54.4. The van der Waals surface area contributed by atoms with Gasteiger partial charge in [0.1, 0.15) is 0 Å². The number of hydrogen-bond donors (Lipinski definition) is 0. The Balaban J connectivity index is 2.17. The Morgan fingerprint density at radius 1 is 1.40 bits per heavy atom. The molecule has 0 aromatic carbocycles. The third-order valence-corrected chi connectivity index (χ3v) is 4.96. The molecule has 0 bridgehead atoms. The molecule has 0 nitrogen and oxygen atoms in total. The third kappa shape index (κ3) is 0.356. The summed E-state index contributed by atoms with van der Waals surface area (Å²) < 4.78 is 0.446. The quantitative estimate of drug-likeness (QED) is 0.434. The van der Waals surface area contributed by atoms with Crippen molar-refractivity contribution in [2.24, 2.45) is 5.41 Å². The minimum absolute atomic E-state index is 0.446. The van der Waals surface area contributed by atoms with E-state index in [0.29, 0.717) is 9.42 Å². The molecule has 1 heteroatoms. The summed E-state index contributed by atoms with van der Waals surface area (Å²) in [6.07, 6.45) is 7.80. The van der Waals surface area contributed by atoms with Crippen molar-refractivity contribution in [2.45, 2.75) is 29.7 Å². The van der Waals surface area contributed by atoms with E-state index in [-0.39, 0.29) is 0 Å². The van der Waals surface area contributed by atoms with Crippen LogP contribution in [-0.2, 0) is 18.3 Å². The summed E-state index contributed by atoms with van der Waals surface area (Å²) in [5.74, 6) is 0. The van der Waals surface area contributed by atoms with Crippen molar-refractivity contribution in [3.8, 4) is 0 Å². The van der Waals surface area contributed by atoms with Crippen molar-refractivity contribution >= 4 is 0 Å². The van der Waals surface area contributed by atoms with Gasteiger partial charge in [-0.2, -0.15) is 0 Å². The Kier molecular flexibility index (Phi) is 0.780. The van der Waals surface area contributed by atoms with E-state index in [1.807, 2.05) is 0 Å². The molecule has 3 aliphatic rings. The zero-order chi connectivity index (χ0) is 6.82. The van der Waals surface area contributed by atoms with Crippen LogP contribution >= 0.6 is 0 Å². The Morgan fingerprint density at radius 3 is 2.60 bits per heavy atom. The molecule has 0 N–H and O–H groups in total. The van der Waals surface area contributed by atoms with Crippen LogP contribution in [0.1, 0.15) is 25.7 Å². The van der Waals surface area contributed by atoms with E-state index in [1.54, 1.807) is 5.57 Å². The zero-order valence-corrected chi connectivity index (χ0v) is 7.38. The number of hydrogen-bond acceptors (Lipinski definition) is 0. The molecule has 3 aliphatic carbocycles. The molecule has 0 aromatic heterocycles. The van der Waals surface area contributed by atoms with Gasteiger partial charge in [-0.25, -0.2) is 0 Å². The average molecular weight is 220 g/mol. The van der Waals surface area contributed by atoms with E-state index in [9.17, 15) is 0 Å². The molecule has 0 amide bonds. The SMILES string of the molecule is [Rh][C]12C=C=C3CCC31CC2. The summed E-state index contributed by atoms with van der Waals surface area (Å²) in [6, 6.07) is 0. The predicted octanol–water partition coefficient (Wildman–Crippen LogP) is 2.36. The summed E-state index contributed by atoms with van der Waals surface area (Å²) >= 11 is 3.22. The molecule has 0 radical (unpaired) electrons. The van der Waals surface area contributed by atoms with Crippen molar-refractivity contribution in [1.82, 2.24) is 0 Å². The molecular formula is C9H9Rh. The Bertz CT molecular complexity index is 268. The average Bonchev–Trinajstić information content (AvgIpc) is 1.92. The number of rotatable bonds is 0. The van der Waals surface area contributed by atoms with Crippen LogP contribution in [0.4, 0.5) is 0 Å². The van der Waals surface area contributed by atoms with Gasteiger partial charge < -0.3 is 0 Å². The van der Waals surface area contributed by atoms with Crippen molar-refractivity contribution in [2.75, 3.05) is 0 Å². The monoisotopic (exact) mass is 220 g/mol. The minimum atomic E-state index is 0.446. The van der Waals surface area contributed by atoms with Gasteiger partial charge in [-0.05, 0) is 0 Å². The second-order valence-electron chi connectivity index (χ2n) is 3.67. The van der Waals surface area contributed by atoms with Crippen LogP contribution in [0.25, 0.3) is 0 Å². The van der Waals surface area contributed by atoms with Crippen LogP contribution in [0.2, 0.25) is 4.01 Å². The second kappa shape index (κ2) is 1.36.